The van der Waals surface area contributed by atoms with E-state index in [0.717, 1.165) is 30.5 Å². The van der Waals surface area contributed by atoms with E-state index in [1.807, 2.05) is 0 Å². The first-order valence-corrected chi connectivity index (χ1v) is 9.12. The van der Waals surface area contributed by atoms with E-state index in [0.29, 0.717) is 20.9 Å². The molecular formula is C16H15Cl2N3O2S. The Balaban J connectivity index is 1.72. The SMILES string of the molecule is C[C@H](Sc1nc2c(c(=O)[nH]1)CCC2)C(=O)Nc1cc(Cl)ccc1Cl. The lowest BCUT2D eigenvalue weighted by atomic mass is 10.3. The number of aromatic nitrogens is 2. The van der Waals surface area contributed by atoms with Gasteiger partial charge in [0.2, 0.25) is 5.91 Å². The van der Waals surface area contributed by atoms with Gasteiger partial charge in [0.15, 0.2) is 5.16 Å². The van der Waals surface area contributed by atoms with Crippen molar-refractivity contribution in [1.82, 2.24) is 9.97 Å². The molecular weight excluding hydrogens is 369 g/mol. The summed E-state index contributed by atoms with van der Waals surface area (Å²) in [6, 6.07) is 4.86. The third kappa shape index (κ3) is 3.77. The molecule has 1 heterocycles. The van der Waals surface area contributed by atoms with Gasteiger partial charge in [-0.25, -0.2) is 4.98 Å². The number of aryl methyl sites for hydroxylation is 1. The Kier molecular flexibility index (Phi) is 5.18. The van der Waals surface area contributed by atoms with Crippen LogP contribution in [0.2, 0.25) is 10.0 Å². The zero-order valence-electron chi connectivity index (χ0n) is 12.9. The number of aromatic amines is 1. The largest absolute Gasteiger partial charge is 0.324 e. The topological polar surface area (TPSA) is 74.8 Å². The van der Waals surface area contributed by atoms with E-state index < -0.39 is 5.25 Å². The standard InChI is InChI=1S/C16H15Cl2N3O2S/c1-8(14(22)19-13-7-9(17)5-6-11(13)18)24-16-20-12-4-2-3-10(12)15(23)21-16/h5-8H,2-4H2,1H3,(H,19,22)(H,20,21,23)/t8-/m0/s1. The molecule has 0 bridgehead atoms. The van der Waals surface area contributed by atoms with Crippen molar-refractivity contribution in [1.29, 1.82) is 0 Å². The molecule has 2 N–H and O–H groups in total. The number of carbonyl (C=O) groups excluding carboxylic acids is 1. The third-order valence-electron chi connectivity index (χ3n) is 3.76. The van der Waals surface area contributed by atoms with Gasteiger partial charge < -0.3 is 10.3 Å². The van der Waals surface area contributed by atoms with Gasteiger partial charge in [0.05, 0.1) is 21.7 Å². The number of anilines is 1. The monoisotopic (exact) mass is 383 g/mol. The number of hydrogen-bond donors (Lipinski definition) is 2. The fourth-order valence-corrected chi connectivity index (χ4v) is 3.68. The summed E-state index contributed by atoms with van der Waals surface area (Å²) in [4.78, 5) is 31.6. The third-order valence-corrected chi connectivity index (χ3v) is 5.31. The molecule has 0 fully saturated rings. The Morgan fingerprint density at radius 2 is 2.17 bits per heavy atom. The first-order chi connectivity index (χ1) is 11.4. The molecule has 1 aliphatic rings. The second kappa shape index (κ2) is 7.17. The van der Waals surface area contributed by atoms with Crippen LogP contribution < -0.4 is 10.9 Å². The molecule has 0 radical (unpaired) electrons. The lowest BCUT2D eigenvalue weighted by molar-refractivity contribution is -0.115. The fraction of sp³-hybridized carbons (Fsp3) is 0.312. The summed E-state index contributed by atoms with van der Waals surface area (Å²) < 4.78 is 0. The van der Waals surface area contributed by atoms with Gasteiger partial charge in [-0.3, -0.25) is 9.59 Å². The number of nitrogens with one attached hydrogen (secondary N) is 2. The minimum Gasteiger partial charge on any atom is -0.324 e. The van der Waals surface area contributed by atoms with E-state index in [4.69, 9.17) is 23.2 Å². The van der Waals surface area contributed by atoms with E-state index in [2.05, 4.69) is 15.3 Å². The molecule has 24 heavy (non-hydrogen) atoms. The highest BCUT2D eigenvalue weighted by Gasteiger charge is 2.21. The maximum atomic E-state index is 12.3. The van der Waals surface area contributed by atoms with E-state index in [1.54, 1.807) is 25.1 Å². The van der Waals surface area contributed by atoms with Crippen LogP contribution in [-0.4, -0.2) is 21.1 Å². The summed E-state index contributed by atoms with van der Waals surface area (Å²) in [5.74, 6) is -0.243. The molecule has 1 aliphatic carbocycles. The van der Waals surface area contributed by atoms with Crippen molar-refractivity contribution in [3.63, 3.8) is 0 Å². The summed E-state index contributed by atoms with van der Waals surface area (Å²) in [5, 5.41) is 3.64. The average Bonchev–Trinajstić information content (AvgIpc) is 2.99. The van der Waals surface area contributed by atoms with Gasteiger partial charge >= 0.3 is 0 Å². The minimum absolute atomic E-state index is 0.106. The maximum Gasteiger partial charge on any atom is 0.254 e. The predicted molar refractivity (Wildman–Crippen MR) is 97.3 cm³/mol. The zero-order valence-corrected chi connectivity index (χ0v) is 15.2. The van der Waals surface area contributed by atoms with Crippen molar-refractivity contribution in [2.75, 3.05) is 5.32 Å². The molecule has 1 aromatic carbocycles. The molecule has 0 aliphatic heterocycles. The molecule has 0 saturated carbocycles. The number of carbonyl (C=O) groups is 1. The zero-order chi connectivity index (χ0) is 17.3. The number of nitrogens with zero attached hydrogens (tertiary/aromatic N) is 1. The summed E-state index contributed by atoms with van der Waals surface area (Å²) in [5.41, 5.74) is 1.96. The van der Waals surface area contributed by atoms with Crippen molar-refractivity contribution in [3.05, 3.63) is 49.9 Å². The van der Waals surface area contributed by atoms with Crippen molar-refractivity contribution >= 4 is 46.6 Å². The van der Waals surface area contributed by atoms with Crippen LogP contribution in [0.15, 0.2) is 28.2 Å². The van der Waals surface area contributed by atoms with Crippen LogP contribution in [0.3, 0.4) is 0 Å². The lowest BCUT2D eigenvalue weighted by Gasteiger charge is -2.13. The second-order valence-electron chi connectivity index (χ2n) is 5.52. The normalized spacial score (nSPS) is 14.3. The smallest absolute Gasteiger partial charge is 0.254 e. The quantitative estimate of drug-likeness (QED) is 0.623. The fourth-order valence-electron chi connectivity index (χ4n) is 2.52. The number of halogens is 2. The van der Waals surface area contributed by atoms with Crippen LogP contribution in [0.5, 0.6) is 0 Å². The van der Waals surface area contributed by atoms with E-state index in [-0.39, 0.29) is 11.5 Å². The van der Waals surface area contributed by atoms with Crippen molar-refractivity contribution < 1.29 is 4.79 Å². The molecule has 1 amide bonds. The van der Waals surface area contributed by atoms with Gasteiger partial charge in [-0.05, 0) is 44.4 Å². The average molecular weight is 384 g/mol. The first kappa shape index (κ1) is 17.3. The van der Waals surface area contributed by atoms with E-state index in [9.17, 15) is 9.59 Å². The maximum absolute atomic E-state index is 12.3. The van der Waals surface area contributed by atoms with Gasteiger partial charge in [-0.1, -0.05) is 35.0 Å². The number of rotatable bonds is 4. The molecule has 8 heteroatoms. The molecule has 0 spiro atoms. The van der Waals surface area contributed by atoms with Crippen LogP contribution in [0.1, 0.15) is 24.6 Å². The number of benzene rings is 1. The highest BCUT2D eigenvalue weighted by Crippen LogP contribution is 2.27. The van der Waals surface area contributed by atoms with Crippen molar-refractivity contribution in [3.8, 4) is 0 Å². The van der Waals surface area contributed by atoms with Crippen molar-refractivity contribution in [2.24, 2.45) is 0 Å². The number of thioether (sulfide) groups is 1. The summed E-state index contributed by atoms with van der Waals surface area (Å²) >= 11 is 13.2. The molecule has 126 valence electrons. The molecule has 1 atom stereocenters. The molecule has 2 aromatic rings. The van der Waals surface area contributed by atoms with Gasteiger partial charge in [-0.2, -0.15) is 0 Å². The minimum atomic E-state index is -0.456. The lowest BCUT2D eigenvalue weighted by Crippen LogP contribution is -2.24. The highest BCUT2D eigenvalue weighted by atomic mass is 35.5. The molecule has 1 aromatic heterocycles. The first-order valence-electron chi connectivity index (χ1n) is 7.48. The van der Waals surface area contributed by atoms with Crippen molar-refractivity contribution in [2.45, 2.75) is 36.6 Å². The van der Waals surface area contributed by atoms with Crippen LogP contribution in [0, 0.1) is 0 Å². The molecule has 0 unspecified atom stereocenters. The van der Waals surface area contributed by atoms with Crippen LogP contribution in [0.25, 0.3) is 0 Å². The molecule has 5 nitrogen and oxygen atoms in total. The van der Waals surface area contributed by atoms with Crippen LogP contribution in [-0.2, 0) is 17.6 Å². The Bertz CT molecular complexity index is 854. The Morgan fingerprint density at radius 1 is 1.38 bits per heavy atom. The van der Waals surface area contributed by atoms with E-state index in [1.165, 1.54) is 11.8 Å². The number of amides is 1. The van der Waals surface area contributed by atoms with Gasteiger partial charge in [0.1, 0.15) is 0 Å². The summed E-state index contributed by atoms with van der Waals surface area (Å²) in [7, 11) is 0. The Morgan fingerprint density at radius 3 is 2.96 bits per heavy atom. The summed E-state index contributed by atoms with van der Waals surface area (Å²) in [6.45, 7) is 1.74. The molecule has 3 rings (SSSR count). The second-order valence-corrected chi connectivity index (χ2v) is 7.70. The molecule has 0 saturated heterocycles. The van der Waals surface area contributed by atoms with Gasteiger partial charge in [-0.15, -0.1) is 0 Å². The number of H-pyrrole nitrogens is 1. The Labute approximate surface area is 153 Å². The predicted octanol–water partition coefficient (Wildman–Crippen LogP) is 3.68. The van der Waals surface area contributed by atoms with Gasteiger partial charge in [0, 0.05) is 10.6 Å². The van der Waals surface area contributed by atoms with E-state index >= 15 is 0 Å². The highest BCUT2D eigenvalue weighted by molar-refractivity contribution is 8.00. The Hall–Kier alpha value is -1.50. The number of fused-ring (bicyclic) bond motifs is 1. The van der Waals surface area contributed by atoms with Crippen LogP contribution >= 0.6 is 35.0 Å². The van der Waals surface area contributed by atoms with Crippen LogP contribution in [0.4, 0.5) is 5.69 Å². The summed E-state index contributed by atoms with van der Waals surface area (Å²) in [6.07, 6.45) is 2.53. The van der Waals surface area contributed by atoms with Gasteiger partial charge in [0.25, 0.3) is 5.56 Å². The number of hydrogen-bond acceptors (Lipinski definition) is 4.